The third-order valence-electron chi connectivity index (χ3n) is 5.70. The maximum Gasteiger partial charge on any atom is 0.335 e. The average Bonchev–Trinajstić information content (AvgIpc) is 3.48. The van der Waals surface area contributed by atoms with Gasteiger partial charge in [-0.2, -0.15) is 0 Å². The lowest BCUT2D eigenvalue weighted by molar-refractivity contribution is -0.128. The van der Waals surface area contributed by atoms with Crippen LogP contribution in [0.25, 0.3) is 11.3 Å². The SMILES string of the molecule is COc1ccc2c(c1)C(=O)N(C[C@@]1(c3nc(-c4ccc(F)cc4)cs3)NC(=O)N(S)C1=O)C2. The number of hydrogen-bond acceptors (Lipinski definition) is 7. The van der Waals surface area contributed by atoms with E-state index >= 15 is 0 Å². The van der Waals surface area contributed by atoms with Gasteiger partial charge in [0.2, 0.25) is 0 Å². The molecule has 2 aliphatic heterocycles. The quantitative estimate of drug-likeness (QED) is 0.429. The van der Waals surface area contributed by atoms with Crippen LogP contribution < -0.4 is 10.1 Å². The van der Waals surface area contributed by atoms with Crippen LogP contribution in [0.5, 0.6) is 5.75 Å². The van der Waals surface area contributed by atoms with Gasteiger partial charge in [-0.25, -0.2) is 18.5 Å². The first-order valence-corrected chi connectivity index (χ1v) is 11.1. The number of nitrogens with one attached hydrogen (secondary N) is 1. The van der Waals surface area contributed by atoms with Gasteiger partial charge in [0.25, 0.3) is 11.8 Å². The van der Waals surface area contributed by atoms with Crippen LogP contribution in [0.2, 0.25) is 0 Å². The molecule has 1 N–H and O–H groups in total. The minimum atomic E-state index is -1.59. The Balaban J connectivity index is 1.51. The number of fused-ring (bicyclic) bond motifs is 1. The molecule has 11 heteroatoms. The van der Waals surface area contributed by atoms with E-state index in [2.05, 4.69) is 23.1 Å². The molecule has 0 radical (unpaired) electrons. The van der Waals surface area contributed by atoms with Gasteiger partial charge in [-0.3, -0.25) is 9.59 Å². The topological polar surface area (TPSA) is 91.8 Å². The number of benzene rings is 2. The number of aromatic nitrogens is 1. The third-order valence-corrected chi connectivity index (χ3v) is 7.07. The zero-order valence-electron chi connectivity index (χ0n) is 17.2. The highest BCUT2D eigenvalue weighted by molar-refractivity contribution is 7.79. The maximum absolute atomic E-state index is 13.3. The summed E-state index contributed by atoms with van der Waals surface area (Å²) >= 11 is 5.18. The zero-order valence-corrected chi connectivity index (χ0v) is 19.0. The fourth-order valence-electron chi connectivity index (χ4n) is 3.99. The summed E-state index contributed by atoms with van der Waals surface area (Å²) in [4.78, 5) is 44.8. The lowest BCUT2D eigenvalue weighted by Crippen LogP contribution is -2.52. The molecule has 0 unspecified atom stereocenters. The summed E-state index contributed by atoms with van der Waals surface area (Å²) in [5, 5.41) is 4.71. The van der Waals surface area contributed by atoms with Gasteiger partial charge in [0, 0.05) is 23.1 Å². The van der Waals surface area contributed by atoms with E-state index in [1.54, 1.807) is 35.7 Å². The lowest BCUT2D eigenvalue weighted by atomic mass is 10.00. The zero-order chi connectivity index (χ0) is 23.3. The van der Waals surface area contributed by atoms with Gasteiger partial charge in [-0.1, -0.05) is 18.9 Å². The first-order chi connectivity index (χ1) is 15.8. The number of thiol groups is 1. The van der Waals surface area contributed by atoms with Gasteiger partial charge in [-0.15, -0.1) is 11.3 Å². The molecule has 5 rings (SSSR count). The molecule has 8 nitrogen and oxygen atoms in total. The molecular weight excluding hydrogens is 467 g/mol. The van der Waals surface area contributed by atoms with E-state index < -0.39 is 17.5 Å². The molecule has 0 saturated carbocycles. The second-order valence-corrected chi connectivity index (χ2v) is 8.94. The lowest BCUT2D eigenvalue weighted by Gasteiger charge is -2.29. The van der Waals surface area contributed by atoms with Crippen molar-refractivity contribution in [1.82, 2.24) is 19.5 Å². The molecule has 168 valence electrons. The van der Waals surface area contributed by atoms with Crippen LogP contribution in [-0.4, -0.2) is 45.7 Å². The number of carbonyl (C=O) groups is 3. The van der Waals surface area contributed by atoms with E-state index in [0.29, 0.717) is 31.9 Å². The van der Waals surface area contributed by atoms with Crippen molar-refractivity contribution in [2.75, 3.05) is 13.7 Å². The third kappa shape index (κ3) is 3.44. The molecule has 0 aliphatic carbocycles. The summed E-state index contributed by atoms with van der Waals surface area (Å²) in [5.74, 6) is -0.733. The minimum absolute atomic E-state index is 0.124. The smallest absolute Gasteiger partial charge is 0.335 e. The van der Waals surface area contributed by atoms with Crippen LogP contribution in [0.3, 0.4) is 0 Å². The number of methoxy groups -OCH3 is 1. The van der Waals surface area contributed by atoms with Gasteiger partial charge in [-0.05, 0) is 42.0 Å². The number of halogens is 1. The second-order valence-electron chi connectivity index (χ2n) is 7.68. The van der Waals surface area contributed by atoms with Crippen LogP contribution >= 0.6 is 24.2 Å². The number of amides is 4. The first-order valence-electron chi connectivity index (χ1n) is 9.86. The summed E-state index contributed by atoms with van der Waals surface area (Å²) in [6.45, 7) is 0.145. The fourth-order valence-corrected chi connectivity index (χ4v) is 5.17. The summed E-state index contributed by atoms with van der Waals surface area (Å²) in [7, 11) is 1.52. The predicted octanol–water partition coefficient (Wildman–Crippen LogP) is 3.21. The van der Waals surface area contributed by atoms with E-state index in [4.69, 9.17) is 4.74 Å². The van der Waals surface area contributed by atoms with E-state index in [1.807, 2.05) is 0 Å². The number of carbonyl (C=O) groups excluding carboxylic acids is 3. The van der Waals surface area contributed by atoms with Gasteiger partial charge in [0.05, 0.1) is 19.3 Å². The number of imide groups is 1. The summed E-state index contributed by atoms with van der Waals surface area (Å²) < 4.78 is 19.2. The Kier molecular flexibility index (Phi) is 5.09. The molecule has 1 atom stereocenters. The Bertz CT molecular complexity index is 1300. The minimum Gasteiger partial charge on any atom is -0.497 e. The Hall–Kier alpha value is -3.44. The number of urea groups is 1. The molecule has 2 aliphatic rings. The molecule has 33 heavy (non-hydrogen) atoms. The van der Waals surface area contributed by atoms with Gasteiger partial charge in [0.1, 0.15) is 16.6 Å². The van der Waals surface area contributed by atoms with E-state index in [-0.39, 0.29) is 24.8 Å². The van der Waals surface area contributed by atoms with Crippen molar-refractivity contribution >= 4 is 42.0 Å². The maximum atomic E-state index is 13.3. The van der Waals surface area contributed by atoms with Crippen LogP contribution in [0.15, 0.2) is 47.8 Å². The van der Waals surface area contributed by atoms with Crippen LogP contribution in [0.4, 0.5) is 9.18 Å². The standard InChI is InChI=1S/C22H17FN4O4S2/c1-31-15-7-4-13-9-26(18(28)16(13)8-15)11-22(20(29)27(32)21(30)25-22)19-24-17(10-33-19)12-2-5-14(23)6-3-12/h2-8,10,32H,9,11H2,1H3,(H,25,30)/t22-/m0/s1. The molecule has 1 fully saturated rings. The normalized spacial score (nSPS) is 19.8. The monoisotopic (exact) mass is 484 g/mol. The van der Waals surface area contributed by atoms with Gasteiger partial charge >= 0.3 is 6.03 Å². The molecule has 4 amide bonds. The molecular formula is C22H17FN4O4S2. The van der Waals surface area contributed by atoms with Crippen LogP contribution in [0.1, 0.15) is 20.9 Å². The van der Waals surface area contributed by atoms with Crippen molar-refractivity contribution in [3.8, 4) is 17.0 Å². The Morgan fingerprint density at radius 2 is 1.97 bits per heavy atom. The van der Waals surface area contributed by atoms with Gasteiger partial charge in [0.15, 0.2) is 5.54 Å². The highest BCUT2D eigenvalue weighted by atomic mass is 32.1. The Labute approximate surface area is 197 Å². The summed E-state index contributed by atoms with van der Waals surface area (Å²) in [5.41, 5.74) is 0.862. The number of hydrogen-bond donors (Lipinski definition) is 2. The number of thiazole rings is 1. The highest BCUT2D eigenvalue weighted by Gasteiger charge is 2.56. The van der Waals surface area contributed by atoms with Crippen molar-refractivity contribution in [2.45, 2.75) is 12.1 Å². The molecule has 1 aromatic heterocycles. The molecule has 3 heterocycles. The summed E-state index contributed by atoms with van der Waals surface area (Å²) in [6, 6.07) is 10.3. The van der Waals surface area contributed by atoms with Crippen molar-refractivity contribution in [2.24, 2.45) is 0 Å². The molecule has 2 aromatic carbocycles. The van der Waals surface area contributed by atoms with Crippen LogP contribution in [-0.2, 0) is 16.9 Å². The summed E-state index contributed by atoms with van der Waals surface area (Å²) in [6.07, 6.45) is 0. The molecule has 0 bridgehead atoms. The highest BCUT2D eigenvalue weighted by Crippen LogP contribution is 2.37. The second kappa shape index (κ2) is 7.85. The largest absolute Gasteiger partial charge is 0.497 e. The Morgan fingerprint density at radius 1 is 1.21 bits per heavy atom. The number of nitrogens with zero attached hydrogens (tertiary/aromatic N) is 3. The average molecular weight is 485 g/mol. The van der Waals surface area contributed by atoms with Crippen LogP contribution in [0, 0.1) is 5.82 Å². The Morgan fingerprint density at radius 3 is 2.64 bits per heavy atom. The van der Waals surface area contributed by atoms with Crippen molar-refractivity contribution in [3.63, 3.8) is 0 Å². The van der Waals surface area contributed by atoms with Crippen molar-refractivity contribution in [1.29, 1.82) is 0 Å². The number of ether oxygens (including phenoxy) is 1. The number of rotatable bonds is 5. The van der Waals surface area contributed by atoms with E-state index in [0.717, 1.165) is 5.56 Å². The molecule has 0 spiro atoms. The van der Waals surface area contributed by atoms with E-state index in [9.17, 15) is 18.8 Å². The predicted molar refractivity (Wildman–Crippen MR) is 121 cm³/mol. The first kappa shape index (κ1) is 21.4. The van der Waals surface area contributed by atoms with E-state index in [1.165, 1.54) is 35.5 Å². The fraction of sp³-hybridized carbons (Fsp3) is 0.182. The molecule has 1 saturated heterocycles. The van der Waals surface area contributed by atoms with Crippen molar-refractivity contribution < 1.29 is 23.5 Å². The van der Waals surface area contributed by atoms with Gasteiger partial charge < -0.3 is 15.0 Å². The van der Waals surface area contributed by atoms with Crippen molar-refractivity contribution in [3.05, 3.63) is 69.8 Å². The molecule has 3 aromatic rings.